The number of carbonyl (C=O) groups is 2. The van der Waals surface area contributed by atoms with Crippen molar-refractivity contribution in [2.24, 2.45) is 5.92 Å². The number of likely N-dealkylation sites (N-methyl/N-ethyl adjacent to an activating group) is 1. The number of amides is 1. The summed E-state index contributed by atoms with van der Waals surface area (Å²) in [5.41, 5.74) is 0.951. The number of esters is 1. The lowest BCUT2D eigenvalue weighted by Gasteiger charge is -2.29. The van der Waals surface area contributed by atoms with E-state index in [1.807, 2.05) is 44.2 Å². The second kappa shape index (κ2) is 8.11. The van der Waals surface area contributed by atoms with Gasteiger partial charge < -0.3 is 15.0 Å². The van der Waals surface area contributed by atoms with E-state index in [0.717, 1.165) is 12.0 Å². The average molecular weight is 318 g/mol. The molecule has 0 aliphatic carbocycles. The Morgan fingerprint density at radius 2 is 2.00 bits per heavy atom. The van der Waals surface area contributed by atoms with Crippen LogP contribution < -0.4 is 5.32 Å². The standard InChI is InChI=1S/C18H26N2O3/c1-13(2)16(19-3)17(21)20-11-7-10-15(20)18(22)23-12-14-8-5-4-6-9-14/h4-6,8-9,13,15-16,19H,7,10-12H2,1-3H3/t15-,16-/m0/s1. The summed E-state index contributed by atoms with van der Waals surface area (Å²) in [5, 5.41) is 3.05. The lowest BCUT2D eigenvalue weighted by atomic mass is 10.0. The molecule has 1 aliphatic rings. The van der Waals surface area contributed by atoms with E-state index in [0.29, 0.717) is 13.0 Å². The van der Waals surface area contributed by atoms with Gasteiger partial charge >= 0.3 is 5.97 Å². The number of nitrogens with one attached hydrogen (secondary N) is 1. The second-order valence-electron chi connectivity index (χ2n) is 6.29. The average Bonchev–Trinajstić information content (AvgIpc) is 3.03. The predicted molar refractivity (Wildman–Crippen MR) is 88.7 cm³/mol. The molecule has 0 spiro atoms. The molecule has 2 rings (SSSR count). The third kappa shape index (κ3) is 4.32. The number of ether oxygens (including phenoxy) is 1. The van der Waals surface area contributed by atoms with E-state index in [2.05, 4.69) is 5.32 Å². The fourth-order valence-corrected chi connectivity index (χ4v) is 3.02. The molecule has 1 aliphatic heterocycles. The summed E-state index contributed by atoms with van der Waals surface area (Å²) in [5.74, 6) is -0.144. The first-order valence-corrected chi connectivity index (χ1v) is 8.23. The van der Waals surface area contributed by atoms with Crippen LogP contribution in [0.25, 0.3) is 0 Å². The first-order valence-electron chi connectivity index (χ1n) is 8.23. The number of nitrogens with zero attached hydrogens (tertiary/aromatic N) is 1. The maximum Gasteiger partial charge on any atom is 0.329 e. The minimum Gasteiger partial charge on any atom is -0.459 e. The zero-order valence-electron chi connectivity index (χ0n) is 14.1. The molecule has 1 N–H and O–H groups in total. The van der Waals surface area contributed by atoms with Gasteiger partial charge in [-0.05, 0) is 31.4 Å². The van der Waals surface area contributed by atoms with Gasteiger partial charge in [0.05, 0.1) is 6.04 Å². The van der Waals surface area contributed by atoms with Crippen molar-refractivity contribution in [2.45, 2.75) is 45.4 Å². The zero-order chi connectivity index (χ0) is 16.8. The summed E-state index contributed by atoms with van der Waals surface area (Å²) >= 11 is 0. The van der Waals surface area contributed by atoms with Gasteiger partial charge in [-0.3, -0.25) is 4.79 Å². The topological polar surface area (TPSA) is 58.6 Å². The van der Waals surface area contributed by atoms with E-state index in [4.69, 9.17) is 4.74 Å². The first kappa shape index (κ1) is 17.5. The van der Waals surface area contributed by atoms with Gasteiger partial charge in [-0.2, -0.15) is 0 Å². The van der Waals surface area contributed by atoms with Gasteiger partial charge in [0.2, 0.25) is 5.91 Å². The maximum atomic E-state index is 12.7. The van der Waals surface area contributed by atoms with Crippen LogP contribution >= 0.6 is 0 Å². The van der Waals surface area contributed by atoms with Crippen molar-refractivity contribution >= 4 is 11.9 Å². The Morgan fingerprint density at radius 1 is 1.30 bits per heavy atom. The molecule has 1 fully saturated rings. The van der Waals surface area contributed by atoms with Gasteiger partial charge in [0.1, 0.15) is 12.6 Å². The normalized spacial score (nSPS) is 19.0. The largest absolute Gasteiger partial charge is 0.459 e. The molecule has 0 aromatic heterocycles. The third-order valence-corrected chi connectivity index (χ3v) is 4.28. The molecule has 0 unspecified atom stereocenters. The molecule has 5 heteroatoms. The van der Waals surface area contributed by atoms with E-state index in [9.17, 15) is 9.59 Å². The Bertz CT molecular complexity index is 530. The van der Waals surface area contributed by atoms with E-state index < -0.39 is 6.04 Å². The summed E-state index contributed by atoms with van der Waals surface area (Å²) < 4.78 is 5.41. The van der Waals surface area contributed by atoms with Crippen LogP contribution in [-0.2, 0) is 20.9 Å². The van der Waals surface area contributed by atoms with Gasteiger partial charge in [0.25, 0.3) is 0 Å². The molecule has 1 aromatic carbocycles. The SMILES string of the molecule is CN[C@H](C(=O)N1CCC[C@H]1C(=O)OCc1ccccc1)C(C)C. The molecule has 126 valence electrons. The number of likely N-dealkylation sites (tertiary alicyclic amines) is 1. The molecule has 1 aromatic rings. The van der Waals surface area contributed by atoms with Crippen LogP contribution in [0.2, 0.25) is 0 Å². The van der Waals surface area contributed by atoms with Crippen LogP contribution in [0.1, 0.15) is 32.3 Å². The molecule has 0 bridgehead atoms. The van der Waals surface area contributed by atoms with Gasteiger partial charge in [0, 0.05) is 6.54 Å². The van der Waals surface area contributed by atoms with Gasteiger partial charge in [-0.1, -0.05) is 44.2 Å². The fraction of sp³-hybridized carbons (Fsp3) is 0.556. The van der Waals surface area contributed by atoms with Crippen molar-refractivity contribution < 1.29 is 14.3 Å². The molecular weight excluding hydrogens is 292 g/mol. The maximum absolute atomic E-state index is 12.7. The summed E-state index contributed by atoms with van der Waals surface area (Å²) in [6, 6.07) is 8.86. The highest BCUT2D eigenvalue weighted by atomic mass is 16.5. The lowest BCUT2D eigenvalue weighted by Crippen LogP contribution is -2.51. The molecular formula is C18H26N2O3. The summed E-state index contributed by atoms with van der Waals surface area (Å²) in [7, 11) is 1.78. The summed E-state index contributed by atoms with van der Waals surface area (Å²) in [4.78, 5) is 26.7. The van der Waals surface area contributed by atoms with Crippen LogP contribution in [0.3, 0.4) is 0 Å². The highest BCUT2D eigenvalue weighted by Gasteiger charge is 2.38. The Hall–Kier alpha value is -1.88. The Kier molecular flexibility index (Phi) is 6.16. The van der Waals surface area contributed by atoms with Crippen LogP contribution in [0.4, 0.5) is 0 Å². The smallest absolute Gasteiger partial charge is 0.329 e. The zero-order valence-corrected chi connectivity index (χ0v) is 14.1. The molecule has 5 nitrogen and oxygen atoms in total. The Balaban J connectivity index is 1.97. The van der Waals surface area contributed by atoms with Crippen molar-refractivity contribution in [3.63, 3.8) is 0 Å². The molecule has 2 atom stereocenters. The highest BCUT2D eigenvalue weighted by Crippen LogP contribution is 2.21. The Labute approximate surface area is 138 Å². The van der Waals surface area contributed by atoms with E-state index in [1.165, 1.54) is 0 Å². The number of hydrogen-bond donors (Lipinski definition) is 1. The summed E-state index contributed by atoms with van der Waals surface area (Å²) in [6.45, 7) is 4.86. The van der Waals surface area contributed by atoms with Crippen LogP contribution in [-0.4, -0.2) is 42.5 Å². The van der Waals surface area contributed by atoms with Crippen molar-refractivity contribution in [2.75, 3.05) is 13.6 Å². The molecule has 0 radical (unpaired) electrons. The van der Waals surface area contributed by atoms with Gasteiger partial charge in [-0.15, -0.1) is 0 Å². The predicted octanol–water partition coefficient (Wildman–Crippen LogP) is 1.96. The van der Waals surface area contributed by atoms with Crippen molar-refractivity contribution in [1.29, 1.82) is 0 Å². The molecule has 23 heavy (non-hydrogen) atoms. The molecule has 1 saturated heterocycles. The van der Waals surface area contributed by atoms with Crippen molar-refractivity contribution in [3.8, 4) is 0 Å². The van der Waals surface area contributed by atoms with Crippen LogP contribution in [0.15, 0.2) is 30.3 Å². The van der Waals surface area contributed by atoms with Crippen LogP contribution in [0.5, 0.6) is 0 Å². The minimum atomic E-state index is -0.458. The highest BCUT2D eigenvalue weighted by molar-refractivity contribution is 5.88. The van der Waals surface area contributed by atoms with E-state index in [-0.39, 0.29) is 30.4 Å². The third-order valence-electron chi connectivity index (χ3n) is 4.28. The second-order valence-corrected chi connectivity index (χ2v) is 6.29. The van der Waals surface area contributed by atoms with Crippen LogP contribution in [0, 0.1) is 5.92 Å². The number of hydrogen-bond acceptors (Lipinski definition) is 4. The van der Waals surface area contributed by atoms with Gasteiger partial charge in [0.15, 0.2) is 0 Å². The van der Waals surface area contributed by atoms with E-state index in [1.54, 1.807) is 11.9 Å². The van der Waals surface area contributed by atoms with Crippen molar-refractivity contribution in [3.05, 3.63) is 35.9 Å². The molecule has 1 amide bonds. The number of benzene rings is 1. The first-order chi connectivity index (χ1) is 11.0. The quantitative estimate of drug-likeness (QED) is 0.815. The number of rotatable bonds is 6. The number of carbonyl (C=O) groups excluding carboxylic acids is 2. The minimum absolute atomic E-state index is 0.0124. The fourth-order valence-electron chi connectivity index (χ4n) is 3.02. The monoisotopic (exact) mass is 318 g/mol. The lowest BCUT2D eigenvalue weighted by molar-refractivity contribution is -0.155. The van der Waals surface area contributed by atoms with Crippen molar-refractivity contribution in [1.82, 2.24) is 10.2 Å². The van der Waals surface area contributed by atoms with Gasteiger partial charge in [-0.25, -0.2) is 4.79 Å². The Morgan fingerprint density at radius 3 is 2.61 bits per heavy atom. The molecule has 1 heterocycles. The molecule has 0 saturated carbocycles. The summed E-state index contributed by atoms with van der Waals surface area (Å²) in [6.07, 6.45) is 1.51. The van der Waals surface area contributed by atoms with E-state index >= 15 is 0 Å².